The van der Waals surface area contributed by atoms with Gasteiger partial charge in [-0.1, -0.05) is 30.3 Å². The Bertz CT molecular complexity index is 963. The van der Waals surface area contributed by atoms with Gasteiger partial charge in [0.1, 0.15) is 18.2 Å². The Hall–Kier alpha value is -3.66. The number of aliphatic hydroxyl groups is 1. The summed E-state index contributed by atoms with van der Waals surface area (Å²) in [5, 5.41) is 30.7. The average molecular weight is 416 g/mol. The van der Waals surface area contributed by atoms with Crippen LogP contribution in [0.25, 0.3) is 0 Å². The van der Waals surface area contributed by atoms with Crippen LogP contribution in [0.4, 0.5) is 5.69 Å². The predicted molar refractivity (Wildman–Crippen MR) is 104 cm³/mol. The van der Waals surface area contributed by atoms with E-state index in [-0.39, 0.29) is 36.6 Å². The van der Waals surface area contributed by atoms with Gasteiger partial charge in [-0.3, -0.25) is 14.9 Å². The van der Waals surface area contributed by atoms with Crippen molar-refractivity contribution < 1.29 is 34.2 Å². The lowest BCUT2D eigenvalue weighted by molar-refractivity contribution is -0.385. The Kier molecular flexibility index (Phi) is 6.17. The summed E-state index contributed by atoms with van der Waals surface area (Å²) in [5.41, 5.74) is -0.0589. The van der Waals surface area contributed by atoms with Crippen LogP contribution in [0.1, 0.15) is 22.3 Å². The molecule has 3 rings (SSSR count). The number of rotatable bonds is 7. The van der Waals surface area contributed by atoms with Crippen LogP contribution in [0.15, 0.2) is 42.5 Å². The summed E-state index contributed by atoms with van der Waals surface area (Å²) in [6.45, 7) is -0.109. The van der Waals surface area contributed by atoms with Crippen molar-refractivity contribution in [2.75, 3.05) is 13.7 Å². The average Bonchev–Trinajstić information content (AvgIpc) is 3.13. The van der Waals surface area contributed by atoms with Crippen LogP contribution in [-0.4, -0.2) is 57.7 Å². The largest absolute Gasteiger partial charge is 0.493 e. The van der Waals surface area contributed by atoms with Crippen molar-refractivity contribution in [3.63, 3.8) is 0 Å². The number of methoxy groups -OCH3 is 1. The van der Waals surface area contributed by atoms with Crippen molar-refractivity contribution in [3.8, 4) is 11.5 Å². The maximum Gasteiger partial charge on any atom is 0.326 e. The van der Waals surface area contributed by atoms with Crippen molar-refractivity contribution in [2.45, 2.75) is 25.2 Å². The molecule has 1 amide bonds. The third-order valence-corrected chi connectivity index (χ3v) is 4.77. The molecule has 1 saturated heterocycles. The normalized spacial score (nSPS) is 18.1. The van der Waals surface area contributed by atoms with E-state index in [0.29, 0.717) is 0 Å². The SMILES string of the molecule is COc1cc(C(=O)N2C[C@H](O)C[C@H]2C(=O)O)c([N+](=O)[O-])cc1OCc1ccccc1. The van der Waals surface area contributed by atoms with Gasteiger partial charge >= 0.3 is 5.97 Å². The van der Waals surface area contributed by atoms with E-state index in [9.17, 15) is 29.9 Å². The number of aliphatic carboxylic acids is 1. The zero-order valence-electron chi connectivity index (χ0n) is 16.1. The first-order chi connectivity index (χ1) is 14.3. The van der Waals surface area contributed by atoms with E-state index in [4.69, 9.17) is 9.47 Å². The standard InChI is InChI=1S/C20H20N2O8/c1-29-17-8-14(19(24)21-10-13(23)7-16(21)20(25)26)15(22(27)28)9-18(17)30-11-12-5-3-2-4-6-12/h2-6,8-9,13,16,23H,7,10-11H2,1H3,(H,25,26)/t13-,16+/m1/s1. The van der Waals surface area contributed by atoms with Crippen molar-refractivity contribution in [1.82, 2.24) is 4.90 Å². The molecule has 0 spiro atoms. The molecule has 0 radical (unpaired) electrons. The second-order valence-corrected chi connectivity index (χ2v) is 6.75. The molecule has 0 bridgehead atoms. The zero-order chi connectivity index (χ0) is 21.8. The Labute approximate surface area is 171 Å². The third-order valence-electron chi connectivity index (χ3n) is 4.77. The number of nitro benzene ring substituents is 1. The molecule has 2 aromatic carbocycles. The molecule has 10 nitrogen and oxygen atoms in total. The van der Waals surface area contributed by atoms with Crippen molar-refractivity contribution in [2.24, 2.45) is 0 Å². The summed E-state index contributed by atoms with van der Waals surface area (Å²) in [6.07, 6.45) is -1.17. The first-order valence-electron chi connectivity index (χ1n) is 9.06. The molecule has 2 atom stereocenters. The van der Waals surface area contributed by atoms with Crippen LogP contribution in [0, 0.1) is 10.1 Å². The summed E-state index contributed by atoms with van der Waals surface area (Å²) in [5.74, 6) is -2.01. The fraction of sp³-hybridized carbons (Fsp3) is 0.300. The lowest BCUT2D eigenvalue weighted by Gasteiger charge is -2.21. The van der Waals surface area contributed by atoms with Crippen LogP contribution >= 0.6 is 0 Å². The van der Waals surface area contributed by atoms with Gasteiger partial charge in [0.25, 0.3) is 11.6 Å². The zero-order valence-corrected chi connectivity index (χ0v) is 16.1. The highest BCUT2D eigenvalue weighted by molar-refractivity contribution is 6.01. The lowest BCUT2D eigenvalue weighted by Crippen LogP contribution is -2.40. The van der Waals surface area contributed by atoms with E-state index in [1.165, 1.54) is 7.11 Å². The molecule has 1 aliphatic rings. The lowest BCUT2D eigenvalue weighted by atomic mass is 10.1. The predicted octanol–water partition coefficient (Wildman–Crippen LogP) is 1.84. The second kappa shape index (κ2) is 8.78. The number of β-amino-alcohol motifs (C(OH)–C–C–N with tert-alkyl or cyclic N) is 1. The van der Waals surface area contributed by atoms with Gasteiger partial charge in [-0.2, -0.15) is 0 Å². The smallest absolute Gasteiger partial charge is 0.326 e. The van der Waals surface area contributed by atoms with Gasteiger partial charge in [0, 0.05) is 19.0 Å². The number of aliphatic hydroxyl groups excluding tert-OH is 1. The minimum atomic E-state index is -1.29. The molecular weight excluding hydrogens is 396 g/mol. The summed E-state index contributed by atoms with van der Waals surface area (Å²) < 4.78 is 10.9. The van der Waals surface area contributed by atoms with E-state index in [1.807, 2.05) is 30.3 Å². The summed E-state index contributed by atoms with van der Waals surface area (Å²) >= 11 is 0. The quantitative estimate of drug-likeness (QED) is 0.515. The molecule has 0 aromatic heterocycles. The van der Waals surface area contributed by atoms with Crippen LogP contribution in [-0.2, 0) is 11.4 Å². The van der Waals surface area contributed by atoms with Gasteiger partial charge in [0.2, 0.25) is 0 Å². The van der Waals surface area contributed by atoms with E-state index in [1.54, 1.807) is 0 Å². The van der Waals surface area contributed by atoms with Crippen LogP contribution in [0.3, 0.4) is 0 Å². The number of hydrogen-bond acceptors (Lipinski definition) is 7. The first kappa shape index (κ1) is 21.1. The maximum atomic E-state index is 12.9. The summed E-state index contributed by atoms with van der Waals surface area (Å²) in [6, 6.07) is 10.1. The van der Waals surface area contributed by atoms with Gasteiger partial charge < -0.3 is 24.6 Å². The molecule has 2 aromatic rings. The highest BCUT2D eigenvalue weighted by atomic mass is 16.6. The van der Waals surface area contributed by atoms with Crippen LogP contribution in [0.5, 0.6) is 11.5 Å². The second-order valence-electron chi connectivity index (χ2n) is 6.75. The minimum Gasteiger partial charge on any atom is -0.493 e. The first-order valence-corrected chi connectivity index (χ1v) is 9.06. The van der Waals surface area contributed by atoms with Crippen LogP contribution in [0.2, 0.25) is 0 Å². The molecule has 1 aliphatic heterocycles. The number of nitrogens with zero attached hydrogens (tertiary/aromatic N) is 2. The van der Waals surface area contributed by atoms with E-state index >= 15 is 0 Å². The number of carboxylic acid groups (broad SMARTS) is 1. The summed E-state index contributed by atoms with van der Waals surface area (Å²) in [4.78, 5) is 36.2. The van der Waals surface area contributed by atoms with Gasteiger partial charge in [-0.05, 0) is 5.56 Å². The number of carbonyl (C=O) groups is 2. The van der Waals surface area contributed by atoms with Gasteiger partial charge in [0.15, 0.2) is 11.5 Å². The fourth-order valence-corrected chi connectivity index (χ4v) is 3.31. The van der Waals surface area contributed by atoms with Crippen molar-refractivity contribution in [1.29, 1.82) is 0 Å². The number of carboxylic acids is 1. The van der Waals surface area contributed by atoms with Crippen molar-refractivity contribution >= 4 is 17.6 Å². The number of likely N-dealkylation sites (tertiary alicyclic amines) is 1. The Morgan fingerprint density at radius 1 is 1.23 bits per heavy atom. The fourth-order valence-electron chi connectivity index (χ4n) is 3.31. The molecule has 0 aliphatic carbocycles. The number of carbonyl (C=O) groups excluding carboxylic acids is 1. The number of hydrogen-bond donors (Lipinski definition) is 2. The molecule has 0 saturated carbocycles. The number of benzene rings is 2. The number of ether oxygens (including phenoxy) is 2. The monoisotopic (exact) mass is 416 g/mol. The third kappa shape index (κ3) is 4.33. The topological polar surface area (TPSA) is 139 Å². The molecule has 2 N–H and O–H groups in total. The Balaban J connectivity index is 1.95. The molecule has 30 heavy (non-hydrogen) atoms. The molecule has 10 heteroatoms. The van der Waals surface area contributed by atoms with E-state index in [2.05, 4.69) is 0 Å². The van der Waals surface area contributed by atoms with Gasteiger partial charge in [-0.25, -0.2) is 4.79 Å². The van der Waals surface area contributed by atoms with Gasteiger partial charge in [0.05, 0.1) is 24.2 Å². The van der Waals surface area contributed by atoms with Gasteiger partial charge in [-0.15, -0.1) is 0 Å². The van der Waals surface area contributed by atoms with E-state index in [0.717, 1.165) is 22.6 Å². The molecule has 0 unspecified atom stereocenters. The molecular formula is C20H20N2O8. The van der Waals surface area contributed by atoms with Crippen LogP contribution < -0.4 is 9.47 Å². The van der Waals surface area contributed by atoms with Crippen molar-refractivity contribution in [3.05, 3.63) is 63.7 Å². The molecule has 158 valence electrons. The Morgan fingerprint density at radius 3 is 2.53 bits per heavy atom. The number of amides is 1. The minimum absolute atomic E-state index is 0.0702. The maximum absolute atomic E-state index is 12.9. The highest BCUT2D eigenvalue weighted by Gasteiger charge is 2.41. The number of nitro groups is 1. The molecule has 1 fully saturated rings. The highest BCUT2D eigenvalue weighted by Crippen LogP contribution is 2.36. The Morgan fingerprint density at radius 2 is 1.93 bits per heavy atom. The molecule has 1 heterocycles. The summed E-state index contributed by atoms with van der Waals surface area (Å²) in [7, 11) is 1.32. The van der Waals surface area contributed by atoms with E-state index < -0.39 is 34.6 Å².